The van der Waals surface area contributed by atoms with Gasteiger partial charge < -0.3 is 16.0 Å². The van der Waals surface area contributed by atoms with Gasteiger partial charge in [-0.2, -0.15) is 5.10 Å². The first-order valence-corrected chi connectivity index (χ1v) is 6.86. The summed E-state index contributed by atoms with van der Waals surface area (Å²) in [4.78, 5) is 14.5. The Balaban J connectivity index is 1.99. The molecule has 0 radical (unpaired) electrons. The van der Waals surface area contributed by atoms with E-state index in [9.17, 15) is 4.79 Å². The fourth-order valence-corrected chi connectivity index (χ4v) is 2.50. The normalized spacial score (nSPS) is 24.4. The molecule has 19 heavy (non-hydrogen) atoms. The van der Waals surface area contributed by atoms with E-state index in [4.69, 9.17) is 5.73 Å². The first-order chi connectivity index (χ1) is 9.02. The maximum atomic E-state index is 12.2. The van der Waals surface area contributed by atoms with Crippen LogP contribution in [0.5, 0.6) is 0 Å². The summed E-state index contributed by atoms with van der Waals surface area (Å²) >= 11 is 0. The van der Waals surface area contributed by atoms with Gasteiger partial charge in [-0.05, 0) is 33.2 Å². The number of H-pyrrole nitrogens is 1. The number of carbonyl (C=O) groups is 1. The summed E-state index contributed by atoms with van der Waals surface area (Å²) in [6.07, 6.45) is 2.68. The van der Waals surface area contributed by atoms with E-state index in [0.717, 1.165) is 31.5 Å². The molecular formula is C13H23N5O. The van der Waals surface area contributed by atoms with Crippen LogP contribution in [0.1, 0.15) is 42.9 Å². The van der Waals surface area contributed by atoms with Gasteiger partial charge in [0.2, 0.25) is 0 Å². The van der Waals surface area contributed by atoms with E-state index in [1.807, 2.05) is 6.92 Å². The van der Waals surface area contributed by atoms with Crippen LogP contribution in [-0.4, -0.2) is 46.7 Å². The number of nitrogen functional groups attached to an aromatic ring is 1. The van der Waals surface area contributed by atoms with Crippen LogP contribution in [0.4, 0.5) is 5.69 Å². The van der Waals surface area contributed by atoms with E-state index in [0.29, 0.717) is 17.4 Å². The van der Waals surface area contributed by atoms with Crippen LogP contribution in [0.2, 0.25) is 0 Å². The minimum absolute atomic E-state index is 0.171. The number of rotatable bonds is 3. The summed E-state index contributed by atoms with van der Waals surface area (Å²) < 4.78 is 0. The molecule has 1 amide bonds. The number of hydrogen-bond donors (Lipinski definition) is 3. The predicted octanol–water partition coefficient (Wildman–Crippen LogP) is 0.767. The molecule has 2 atom stereocenters. The highest BCUT2D eigenvalue weighted by atomic mass is 16.2. The molecule has 1 fully saturated rings. The van der Waals surface area contributed by atoms with Crippen LogP contribution in [-0.2, 0) is 6.42 Å². The van der Waals surface area contributed by atoms with Crippen LogP contribution < -0.4 is 11.1 Å². The van der Waals surface area contributed by atoms with Crippen LogP contribution in [0.3, 0.4) is 0 Å². The number of aromatic amines is 1. The third-order valence-electron chi connectivity index (χ3n) is 4.00. The molecule has 0 bridgehead atoms. The predicted molar refractivity (Wildman–Crippen MR) is 75.0 cm³/mol. The van der Waals surface area contributed by atoms with Gasteiger partial charge in [0.15, 0.2) is 5.69 Å². The van der Waals surface area contributed by atoms with Crippen LogP contribution in [0.25, 0.3) is 0 Å². The zero-order valence-electron chi connectivity index (χ0n) is 11.9. The molecule has 4 N–H and O–H groups in total. The molecule has 1 aromatic rings. The minimum atomic E-state index is -0.171. The monoisotopic (exact) mass is 265 g/mol. The number of nitrogens with zero attached hydrogens (tertiary/aromatic N) is 2. The number of anilines is 1. The molecule has 106 valence electrons. The van der Waals surface area contributed by atoms with Crippen molar-refractivity contribution < 1.29 is 4.79 Å². The molecule has 0 saturated carbocycles. The van der Waals surface area contributed by atoms with E-state index < -0.39 is 0 Å². The van der Waals surface area contributed by atoms with Gasteiger partial charge in [0.25, 0.3) is 5.91 Å². The number of aryl methyl sites for hydroxylation is 1. The van der Waals surface area contributed by atoms with Crippen LogP contribution >= 0.6 is 0 Å². The van der Waals surface area contributed by atoms with Gasteiger partial charge in [-0.15, -0.1) is 0 Å². The van der Waals surface area contributed by atoms with E-state index in [-0.39, 0.29) is 11.9 Å². The molecule has 6 heteroatoms. The summed E-state index contributed by atoms with van der Waals surface area (Å²) in [6, 6.07) is 0.696. The SMILES string of the molecule is CCc1[nH]nc(C(=O)NC2CCN(C)C(C)C2)c1N. The third-order valence-corrected chi connectivity index (χ3v) is 4.00. The lowest BCUT2D eigenvalue weighted by molar-refractivity contribution is 0.0892. The average molecular weight is 265 g/mol. The zero-order chi connectivity index (χ0) is 14.0. The van der Waals surface area contributed by atoms with Crippen LogP contribution in [0.15, 0.2) is 0 Å². The van der Waals surface area contributed by atoms with Crippen LogP contribution in [0, 0.1) is 0 Å². The second kappa shape index (κ2) is 5.61. The number of piperidine rings is 1. The van der Waals surface area contributed by atoms with Gasteiger partial charge >= 0.3 is 0 Å². The van der Waals surface area contributed by atoms with E-state index >= 15 is 0 Å². The summed E-state index contributed by atoms with van der Waals surface area (Å²) in [7, 11) is 2.11. The Morgan fingerprint density at radius 1 is 1.63 bits per heavy atom. The second-order valence-corrected chi connectivity index (χ2v) is 5.34. The molecule has 2 unspecified atom stereocenters. The van der Waals surface area contributed by atoms with Crippen molar-refractivity contribution >= 4 is 11.6 Å². The Morgan fingerprint density at radius 2 is 2.37 bits per heavy atom. The zero-order valence-corrected chi connectivity index (χ0v) is 11.9. The lowest BCUT2D eigenvalue weighted by Gasteiger charge is -2.35. The van der Waals surface area contributed by atoms with Gasteiger partial charge in [-0.1, -0.05) is 6.92 Å². The standard InChI is InChI=1S/C13H23N5O/c1-4-10-11(14)12(17-16-10)13(19)15-9-5-6-18(3)8(2)7-9/h8-9H,4-7,14H2,1-3H3,(H,15,19)(H,16,17). The average Bonchev–Trinajstić information content (AvgIpc) is 2.75. The van der Waals surface area contributed by atoms with Gasteiger partial charge in [0, 0.05) is 18.6 Å². The molecule has 2 heterocycles. The van der Waals surface area contributed by atoms with Crippen molar-refractivity contribution in [1.82, 2.24) is 20.4 Å². The summed E-state index contributed by atoms with van der Waals surface area (Å²) in [6.45, 7) is 5.16. The van der Waals surface area contributed by atoms with E-state index in [1.165, 1.54) is 0 Å². The fourth-order valence-electron chi connectivity index (χ4n) is 2.50. The minimum Gasteiger partial charge on any atom is -0.395 e. The molecule has 1 aliphatic heterocycles. The number of likely N-dealkylation sites (tertiary alicyclic amines) is 1. The van der Waals surface area contributed by atoms with Crippen molar-refractivity contribution in [2.45, 2.75) is 45.2 Å². The van der Waals surface area contributed by atoms with Gasteiger partial charge in [-0.3, -0.25) is 9.89 Å². The Kier molecular flexibility index (Phi) is 4.09. The third kappa shape index (κ3) is 2.89. The van der Waals surface area contributed by atoms with Crippen molar-refractivity contribution in [2.24, 2.45) is 0 Å². The van der Waals surface area contributed by atoms with Crippen molar-refractivity contribution in [3.05, 3.63) is 11.4 Å². The number of amides is 1. The molecule has 2 rings (SSSR count). The summed E-state index contributed by atoms with van der Waals surface area (Å²) in [5.74, 6) is -0.171. The van der Waals surface area contributed by atoms with E-state index in [1.54, 1.807) is 0 Å². The van der Waals surface area contributed by atoms with Crippen molar-refractivity contribution in [3.8, 4) is 0 Å². The fraction of sp³-hybridized carbons (Fsp3) is 0.692. The Labute approximate surface area is 113 Å². The number of aromatic nitrogens is 2. The molecule has 0 spiro atoms. The van der Waals surface area contributed by atoms with Gasteiger partial charge in [-0.25, -0.2) is 0 Å². The Morgan fingerprint density at radius 3 is 2.95 bits per heavy atom. The van der Waals surface area contributed by atoms with Gasteiger partial charge in [0.1, 0.15) is 0 Å². The highest BCUT2D eigenvalue weighted by Gasteiger charge is 2.26. The largest absolute Gasteiger partial charge is 0.395 e. The molecule has 1 aliphatic rings. The highest BCUT2D eigenvalue weighted by Crippen LogP contribution is 2.18. The first kappa shape index (κ1) is 13.9. The molecule has 1 aromatic heterocycles. The molecule has 6 nitrogen and oxygen atoms in total. The quantitative estimate of drug-likeness (QED) is 0.753. The number of nitrogens with one attached hydrogen (secondary N) is 2. The molecule has 0 aromatic carbocycles. The Hall–Kier alpha value is -1.56. The Bertz CT molecular complexity index is 456. The van der Waals surface area contributed by atoms with Crippen molar-refractivity contribution in [3.63, 3.8) is 0 Å². The molecule has 0 aliphatic carbocycles. The maximum absolute atomic E-state index is 12.2. The maximum Gasteiger partial charge on any atom is 0.274 e. The smallest absolute Gasteiger partial charge is 0.274 e. The summed E-state index contributed by atoms with van der Waals surface area (Å²) in [5.41, 5.74) is 7.52. The lowest BCUT2D eigenvalue weighted by Crippen LogP contribution is -2.47. The lowest BCUT2D eigenvalue weighted by atomic mass is 9.99. The number of carbonyl (C=O) groups excluding carboxylic acids is 1. The molecular weight excluding hydrogens is 242 g/mol. The van der Waals surface area contributed by atoms with Gasteiger partial charge in [0.05, 0.1) is 11.4 Å². The van der Waals surface area contributed by atoms with E-state index in [2.05, 4.69) is 34.4 Å². The van der Waals surface area contributed by atoms with Crippen molar-refractivity contribution in [2.75, 3.05) is 19.3 Å². The summed E-state index contributed by atoms with van der Waals surface area (Å²) in [5, 5.41) is 9.86. The number of nitrogens with two attached hydrogens (primary N) is 1. The second-order valence-electron chi connectivity index (χ2n) is 5.34. The molecule has 1 saturated heterocycles. The topological polar surface area (TPSA) is 87.0 Å². The highest BCUT2D eigenvalue weighted by molar-refractivity contribution is 5.97. The van der Waals surface area contributed by atoms with Crippen molar-refractivity contribution in [1.29, 1.82) is 0 Å². The number of hydrogen-bond acceptors (Lipinski definition) is 4. The first-order valence-electron chi connectivity index (χ1n) is 6.86.